The smallest absolute Gasteiger partial charge is 0.272 e. The molecule has 25 heavy (non-hydrogen) atoms. The van der Waals surface area contributed by atoms with Gasteiger partial charge in [-0.1, -0.05) is 41.9 Å². The zero-order valence-corrected chi connectivity index (χ0v) is 13.9. The lowest BCUT2D eigenvalue weighted by molar-refractivity contribution is -0.118. The summed E-state index contributed by atoms with van der Waals surface area (Å²) in [5.74, 6) is -0.834. The number of fused-ring (bicyclic) bond motifs is 1. The first-order chi connectivity index (χ1) is 12.1. The first-order valence-corrected chi connectivity index (χ1v) is 7.88. The third-order valence-corrected chi connectivity index (χ3v) is 3.96. The molecule has 0 aliphatic carbocycles. The van der Waals surface area contributed by atoms with Crippen molar-refractivity contribution in [2.75, 3.05) is 0 Å². The van der Waals surface area contributed by atoms with Gasteiger partial charge in [0.2, 0.25) is 5.91 Å². The number of nitrogens with zero attached hydrogens (tertiary/aromatic N) is 2. The number of primary amides is 1. The second-order valence-electron chi connectivity index (χ2n) is 5.37. The van der Waals surface area contributed by atoms with Crippen molar-refractivity contribution in [1.82, 2.24) is 9.99 Å². The van der Waals surface area contributed by atoms with E-state index in [1.807, 2.05) is 24.3 Å². The van der Waals surface area contributed by atoms with E-state index < -0.39 is 11.8 Å². The van der Waals surface area contributed by atoms with Gasteiger partial charge in [-0.15, -0.1) is 0 Å². The third-order valence-electron chi connectivity index (χ3n) is 3.63. The highest BCUT2D eigenvalue weighted by Crippen LogP contribution is 2.20. The van der Waals surface area contributed by atoms with Crippen molar-refractivity contribution in [3.63, 3.8) is 0 Å². The SMILES string of the molecule is NC(=O)Cn1cc(/C=N\NC(=O)c2ccccc2Cl)c2ccccc21. The van der Waals surface area contributed by atoms with Crippen LogP contribution in [0.25, 0.3) is 10.9 Å². The van der Waals surface area contributed by atoms with Gasteiger partial charge in [0.25, 0.3) is 5.91 Å². The summed E-state index contributed by atoms with van der Waals surface area (Å²) >= 11 is 5.99. The van der Waals surface area contributed by atoms with Crippen molar-refractivity contribution in [2.24, 2.45) is 10.8 Å². The lowest BCUT2D eigenvalue weighted by Gasteiger charge is -2.01. The van der Waals surface area contributed by atoms with E-state index in [4.69, 9.17) is 17.3 Å². The van der Waals surface area contributed by atoms with Crippen LogP contribution in [0.15, 0.2) is 59.8 Å². The van der Waals surface area contributed by atoms with Crippen molar-refractivity contribution < 1.29 is 9.59 Å². The molecule has 1 aromatic heterocycles. The molecule has 0 radical (unpaired) electrons. The maximum absolute atomic E-state index is 12.1. The summed E-state index contributed by atoms with van der Waals surface area (Å²) in [7, 11) is 0. The zero-order valence-electron chi connectivity index (χ0n) is 13.1. The van der Waals surface area contributed by atoms with Crippen molar-refractivity contribution in [1.29, 1.82) is 0 Å². The maximum Gasteiger partial charge on any atom is 0.272 e. The van der Waals surface area contributed by atoms with Gasteiger partial charge in [0.1, 0.15) is 6.54 Å². The Morgan fingerprint density at radius 2 is 1.88 bits per heavy atom. The lowest BCUT2D eigenvalue weighted by Crippen LogP contribution is -2.18. The van der Waals surface area contributed by atoms with Crippen molar-refractivity contribution in [2.45, 2.75) is 6.54 Å². The Bertz CT molecular complexity index is 978. The molecule has 0 spiro atoms. The first-order valence-electron chi connectivity index (χ1n) is 7.50. The van der Waals surface area contributed by atoms with Gasteiger partial charge in [-0.3, -0.25) is 9.59 Å². The first kappa shape index (κ1) is 16.7. The quantitative estimate of drug-likeness (QED) is 0.544. The van der Waals surface area contributed by atoms with Crippen LogP contribution in [0.3, 0.4) is 0 Å². The molecule has 2 aromatic carbocycles. The molecule has 0 aliphatic rings. The summed E-state index contributed by atoms with van der Waals surface area (Å²) in [6.07, 6.45) is 3.29. The third kappa shape index (κ3) is 3.70. The number of halogens is 1. The molecule has 0 fully saturated rings. The minimum absolute atomic E-state index is 0.0698. The van der Waals surface area contributed by atoms with Crippen LogP contribution < -0.4 is 11.2 Å². The van der Waals surface area contributed by atoms with Gasteiger partial charge in [-0.2, -0.15) is 5.10 Å². The maximum atomic E-state index is 12.1. The molecule has 0 unspecified atom stereocenters. The molecule has 0 saturated carbocycles. The summed E-state index contributed by atoms with van der Waals surface area (Å²) < 4.78 is 1.74. The molecule has 0 bridgehead atoms. The van der Waals surface area contributed by atoms with Crippen LogP contribution in [0.4, 0.5) is 0 Å². The molecule has 2 amide bonds. The van der Waals surface area contributed by atoms with E-state index in [1.54, 1.807) is 35.0 Å². The molecular formula is C18H15ClN4O2. The number of rotatable bonds is 5. The van der Waals surface area contributed by atoms with Crippen molar-refractivity contribution in [3.05, 3.63) is 70.9 Å². The Hall–Kier alpha value is -3.12. The fourth-order valence-corrected chi connectivity index (χ4v) is 2.76. The zero-order chi connectivity index (χ0) is 17.8. The van der Waals surface area contributed by atoms with Crippen LogP contribution in [0.1, 0.15) is 15.9 Å². The van der Waals surface area contributed by atoms with Gasteiger partial charge in [-0.05, 0) is 18.2 Å². The van der Waals surface area contributed by atoms with E-state index in [1.165, 1.54) is 6.21 Å². The fourth-order valence-electron chi connectivity index (χ4n) is 2.54. The number of benzene rings is 2. The molecule has 6 nitrogen and oxygen atoms in total. The Balaban J connectivity index is 1.83. The highest BCUT2D eigenvalue weighted by atomic mass is 35.5. The van der Waals surface area contributed by atoms with Crippen molar-refractivity contribution >= 4 is 40.5 Å². The number of nitrogens with two attached hydrogens (primary N) is 1. The highest BCUT2D eigenvalue weighted by Gasteiger charge is 2.10. The van der Waals surface area contributed by atoms with E-state index >= 15 is 0 Å². The van der Waals surface area contributed by atoms with Gasteiger partial charge >= 0.3 is 0 Å². The molecule has 0 atom stereocenters. The molecule has 3 rings (SSSR count). The molecule has 0 aliphatic heterocycles. The monoisotopic (exact) mass is 354 g/mol. The number of nitrogens with one attached hydrogen (secondary N) is 1. The minimum Gasteiger partial charge on any atom is -0.368 e. The number of aromatic nitrogens is 1. The van der Waals surface area contributed by atoms with Gasteiger partial charge in [0, 0.05) is 22.7 Å². The number of hydrazone groups is 1. The summed E-state index contributed by atoms with van der Waals surface area (Å²) in [5.41, 5.74) is 9.70. The van der Waals surface area contributed by atoms with Crippen LogP contribution in [-0.2, 0) is 11.3 Å². The Kier molecular flexibility index (Phi) is 4.81. The summed E-state index contributed by atoms with van der Waals surface area (Å²) in [5, 5.41) is 5.25. The lowest BCUT2D eigenvalue weighted by atomic mass is 10.2. The van der Waals surface area contributed by atoms with E-state index in [0.29, 0.717) is 10.6 Å². The van der Waals surface area contributed by atoms with E-state index in [9.17, 15) is 9.59 Å². The normalized spacial score (nSPS) is 11.1. The minimum atomic E-state index is -0.434. The van der Waals surface area contributed by atoms with Crippen LogP contribution in [0.5, 0.6) is 0 Å². The van der Waals surface area contributed by atoms with Crippen LogP contribution in [0.2, 0.25) is 5.02 Å². The standard InChI is InChI=1S/C18H15ClN4O2/c19-15-7-3-1-6-14(15)18(25)22-21-9-12-10-23(11-17(20)24)16-8-4-2-5-13(12)16/h1-10H,11H2,(H2,20,24)(H,22,25)/b21-9-. The van der Waals surface area contributed by atoms with E-state index in [2.05, 4.69) is 10.5 Å². The molecule has 0 saturated heterocycles. The van der Waals surface area contributed by atoms with E-state index in [-0.39, 0.29) is 6.54 Å². The predicted octanol–water partition coefficient (Wildman–Crippen LogP) is 2.54. The number of hydrogen-bond acceptors (Lipinski definition) is 3. The Morgan fingerprint density at radius 3 is 2.64 bits per heavy atom. The average molecular weight is 355 g/mol. The molecule has 7 heteroatoms. The number of carbonyl (C=O) groups excluding carboxylic acids is 2. The molecule has 3 aromatic rings. The van der Waals surface area contributed by atoms with Gasteiger partial charge in [0.05, 0.1) is 16.8 Å². The predicted molar refractivity (Wildman–Crippen MR) is 97.6 cm³/mol. The number of carbonyl (C=O) groups is 2. The van der Waals surface area contributed by atoms with Gasteiger partial charge in [-0.25, -0.2) is 5.43 Å². The Labute approximate surface area is 148 Å². The number of para-hydroxylation sites is 1. The fraction of sp³-hybridized carbons (Fsp3) is 0.0556. The summed E-state index contributed by atoms with van der Waals surface area (Å²) in [6, 6.07) is 14.3. The average Bonchev–Trinajstić information content (AvgIpc) is 2.93. The number of hydrogen-bond donors (Lipinski definition) is 2. The largest absolute Gasteiger partial charge is 0.368 e. The van der Waals surface area contributed by atoms with E-state index in [0.717, 1.165) is 16.5 Å². The molecule has 126 valence electrons. The second kappa shape index (κ2) is 7.19. The molecule has 1 heterocycles. The highest BCUT2D eigenvalue weighted by molar-refractivity contribution is 6.33. The van der Waals surface area contributed by atoms with Crippen LogP contribution in [-0.4, -0.2) is 22.6 Å². The van der Waals surface area contributed by atoms with Crippen molar-refractivity contribution in [3.8, 4) is 0 Å². The topological polar surface area (TPSA) is 89.5 Å². The summed E-state index contributed by atoms with van der Waals surface area (Å²) in [6.45, 7) is 0.0698. The summed E-state index contributed by atoms with van der Waals surface area (Å²) in [4.78, 5) is 23.3. The molecular weight excluding hydrogens is 340 g/mol. The second-order valence-corrected chi connectivity index (χ2v) is 5.78. The molecule has 3 N–H and O–H groups in total. The van der Waals surface area contributed by atoms with Crippen LogP contribution in [0, 0.1) is 0 Å². The van der Waals surface area contributed by atoms with Gasteiger partial charge < -0.3 is 10.3 Å². The van der Waals surface area contributed by atoms with Crippen LogP contribution >= 0.6 is 11.6 Å². The number of amides is 2. The Morgan fingerprint density at radius 1 is 1.16 bits per heavy atom. The van der Waals surface area contributed by atoms with Gasteiger partial charge in [0.15, 0.2) is 0 Å².